The third kappa shape index (κ3) is 3.85. The molecule has 1 N–H and O–H groups in total. The van der Waals surface area contributed by atoms with Crippen molar-refractivity contribution < 1.29 is 26.5 Å². The lowest BCUT2D eigenvalue weighted by Gasteiger charge is -2.15. The molecule has 0 fully saturated rings. The summed E-state index contributed by atoms with van der Waals surface area (Å²) in [6, 6.07) is 7.20. The second-order valence-corrected chi connectivity index (χ2v) is 7.08. The maximum atomic E-state index is 13.0. The van der Waals surface area contributed by atoms with Gasteiger partial charge < -0.3 is 0 Å². The van der Waals surface area contributed by atoms with E-state index >= 15 is 0 Å². The molecule has 0 radical (unpaired) electrons. The highest BCUT2D eigenvalue weighted by atomic mass is 79.9. The molecular weight excluding hydrogens is 417 g/mol. The Balaban J connectivity index is 2.54. The van der Waals surface area contributed by atoms with Gasteiger partial charge in [-0.3, -0.25) is 14.8 Å². The van der Waals surface area contributed by atoms with Gasteiger partial charge in [-0.2, -0.15) is 13.2 Å². The number of nitro groups is 1. The second-order valence-electron chi connectivity index (χ2n) is 4.52. The van der Waals surface area contributed by atoms with Crippen molar-refractivity contribution in [2.45, 2.75) is 11.1 Å². The molecule has 0 amide bonds. The van der Waals surface area contributed by atoms with Gasteiger partial charge in [-0.1, -0.05) is 28.1 Å². The lowest BCUT2D eigenvalue weighted by molar-refractivity contribution is -0.387. The molecule has 0 aliphatic rings. The smallest absolute Gasteiger partial charge is 0.279 e. The van der Waals surface area contributed by atoms with Gasteiger partial charge in [0.1, 0.15) is 0 Å². The van der Waals surface area contributed by atoms with Crippen LogP contribution in [0.25, 0.3) is 0 Å². The minimum absolute atomic E-state index is 0.100. The highest BCUT2D eigenvalue weighted by molar-refractivity contribution is 9.10. The van der Waals surface area contributed by atoms with Gasteiger partial charge in [-0.15, -0.1) is 0 Å². The molecule has 128 valence electrons. The molecule has 0 atom stereocenters. The first-order chi connectivity index (χ1) is 11.0. The van der Waals surface area contributed by atoms with Gasteiger partial charge >= 0.3 is 6.18 Å². The normalized spacial score (nSPS) is 12.0. The van der Waals surface area contributed by atoms with E-state index in [9.17, 15) is 31.7 Å². The molecule has 2 aromatic rings. The number of nitrogens with one attached hydrogen (secondary N) is 1. The van der Waals surface area contributed by atoms with E-state index in [2.05, 4.69) is 15.9 Å². The minimum atomic E-state index is -4.82. The van der Waals surface area contributed by atoms with Crippen molar-refractivity contribution in [1.82, 2.24) is 0 Å². The van der Waals surface area contributed by atoms with Gasteiger partial charge in [-0.25, -0.2) is 8.42 Å². The zero-order valence-corrected chi connectivity index (χ0v) is 13.9. The Kier molecular flexibility index (Phi) is 4.85. The third-order valence-electron chi connectivity index (χ3n) is 2.88. The van der Waals surface area contributed by atoms with Crippen molar-refractivity contribution >= 4 is 37.3 Å². The summed E-state index contributed by atoms with van der Waals surface area (Å²) >= 11 is 2.88. The quantitative estimate of drug-likeness (QED) is 0.588. The Morgan fingerprint density at radius 2 is 1.75 bits per heavy atom. The summed E-state index contributed by atoms with van der Waals surface area (Å²) in [6.07, 6.45) is -4.82. The number of nitro benzene ring substituents is 1. The van der Waals surface area contributed by atoms with Crippen molar-refractivity contribution in [2.75, 3.05) is 4.72 Å². The summed E-state index contributed by atoms with van der Waals surface area (Å²) in [6.45, 7) is 0. The first kappa shape index (κ1) is 18.2. The number of para-hydroxylation sites is 1. The standard InChI is InChI=1S/C13H8BrF3N2O4S/c14-8-5-6-10(9(7-8)13(15,16)17)18-24(22,23)12-4-2-1-3-11(12)19(20)21/h1-7,18H. The lowest BCUT2D eigenvalue weighted by atomic mass is 10.2. The van der Waals surface area contributed by atoms with E-state index in [1.54, 1.807) is 4.72 Å². The van der Waals surface area contributed by atoms with Crippen LogP contribution in [0, 0.1) is 10.1 Å². The van der Waals surface area contributed by atoms with Crippen molar-refractivity contribution in [3.8, 4) is 0 Å². The molecule has 0 unspecified atom stereocenters. The van der Waals surface area contributed by atoms with E-state index in [4.69, 9.17) is 0 Å². The number of benzene rings is 2. The zero-order valence-electron chi connectivity index (χ0n) is 11.5. The van der Waals surface area contributed by atoms with Crippen LogP contribution < -0.4 is 4.72 Å². The van der Waals surface area contributed by atoms with Crippen molar-refractivity contribution in [1.29, 1.82) is 0 Å². The number of hydrogen-bond acceptors (Lipinski definition) is 4. The molecule has 0 bridgehead atoms. The van der Waals surface area contributed by atoms with Crippen molar-refractivity contribution in [3.05, 3.63) is 62.6 Å². The van der Waals surface area contributed by atoms with Gasteiger partial charge in [0.15, 0.2) is 4.90 Å². The molecule has 0 heterocycles. The number of anilines is 1. The zero-order chi connectivity index (χ0) is 18.1. The van der Waals surface area contributed by atoms with Crippen LogP contribution in [0.1, 0.15) is 5.56 Å². The van der Waals surface area contributed by atoms with Crippen molar-refractivity contribution in [2.24, 2.45) is 0 Å². The fourth-order valence-corrected chi connectivity index (χ4v) is 3.49. The maximum Gasteiger partial charge on any atom is 0.418 e. The average molecular weight is 425 g/mol. The minimum Gasteiger partial charge on any atom is -0.279 e. The van der Waals surface area contributed by atoms with Crippen LogP contribution in [-0.2, 0) is 16.2 Å². The summed E-state index contributed by atoms with van der Waals surface area (Å²) < 4.78 is 65.6. The summed E-state index contributed by atoms with van der Waals surface area (Å²) in [5.41, 5.74) is -2.70. The number of halogens is 4. The van der Waals surface area contributed by atoms with Crippen LogP contribution >= 0.6 is 15.9 Å². The van der Waals surface area contributed by atoms with Crippen LogP contribution in [-0.4, -0.2) is 13.3 Å². The van der Waals surface area contributed by atoms with Crippen molar-refractivity contribution in [3.63, 3.8) is 0 Å². The number of alkyl halides is 3. The molecule has 0 aromatic heterocycles. The molecule has 6 nitrogen and oxygen atoms in total. The predicted molar refractivity (Wildman–Crippen MR) is 83.0 cm³/mol. The molecule has 0 saturated heterocycles. The molecule has 0 aliphatic heterocycles. The van der Waals surface area contributed by atoms with E-state index < -0.39 is 43.0 Å². The molecule has 0 aliphatic carbocycles. The van der Waals surface area contributed by atoms with Crippen LogP contribution in [0.4, 0.5) is 24.5 Å². The molecule has 11 heteroatoms. The number of sulfonamides is 1. The van der Waals surface area contributed by atoms with Gasteiger partial charge in [0, 0.05) is 10.5 Å². The third-order valence-corrected chi connectivity index (χ3v) is 4.79. The molecular formula is C13H8BrF3N2O4S. The van der Waals surface area contributed by atoms with E-state index in [1.807, 2.05) is 0 Å². The van der Waals surface area contributed by atoms with E-state index in [1.165, 1.54) is 18.2 Å². The SMILES string of the molecule is O=[N+]([O-])c1ccccc1S(=O)(=O)Nc1ccc(Br)cc1C(F)(F)F. The fraction of sp³-hybridized carbons (Fsp3) is 0.0769. The predicted octanol–water partition coefficient (Wildman–Crippen LogP) is 4.18. The number of hydrogen-bond donors (Lipinski definition) is 1. The summed E-state index contributed by atoms with van der Waals surface area (Å²) in [5.74, 6) is 0. The number of nitrogens with zero attached hydrogens (tertiary/aromatic N) is 1. The molecule has 0 spiro atoms. The first-order valence-electron chi connectivity index (χ1n) is 6.15. The Labute approximate surface area is 142 Å². The van der Waals surface area contributed by atoms with Gasteiger partial charge in [0.25, 0.3) is 15.7 Å². The van der Waals surface area contributed by atoms with Gasteiger partial charge in [0.2, 0.25) is 0 Å². The van der Waals surface area contributed by atoms with Crippen LogP contribution in [0.15, 0.2) is 51.8 Å². The average Bonchev–Trinajstić information content (AvgIpc) is 2.48. The van der Waals surface area contributed by atoms with Gasteiger partial charge in [0.05, 0.1) is 16.2 Å². The Morgan fingerprint density at radius 3 is 2.33 bits per heavy atom. The highest BCUT2D eigenvalue weighted by Gasteiger charge is 2.35. The van der Waals surface area contributed by atoms with Crippen LogP contribution in [0.5, 0.6) is 0 Å². The molecule has 2 aromatic carbocycles. The maximum absolute atomic E-state index is 13.0. The van der Waals surface area contributed by atoms with E-state index in [0.717, 1.165) is 18.2 Å². The summed E-state index contributed by atoms with van der Waals surface area (Å²) in [7, 11) is -4.59. The Bertz CT molecular complexity index is 900. The molecule has 0 saturated carbocycles. The Morgan fingerprint density at radius 1 is 1.12 bits per heavy atom. The second kappa shape index (κ2) is 6.40. The fourth-order valence-electron chi connectivity index (χ4n) is 1.87. The highest BCUT2D eigenvalue weighted by Crippen LogP contribution is 2.37. The van der Waals surface area contributed by atoms with Crippen LogP contribution in [0.3, 0.4) is 0 Å². The number of rotatable bonds is 4. The Hall–Kier alpha value is -2.14. The van der Waals surface area contributed by atoms with Gasteiger partial charge in [-0.05, 0) is 24.3 Å². The van der Waals surface area contributed by atoms with E-state index in [-0.39, 0.29) is 4.47 Å². The van der Waals surface area contributed by atoms with E-state index in [0.29, 0.717) is 6.07 Å². The molecule has 24 heavy (non-hydrogen) atoms. The van der Waals surface area contributed by atoms with Crippen LogP contribution in [0.2, 0.25) is 0 Å². The first-order valence-corrected chi connectivity index (χ1v) is 8.43. The molecule has 2 rings (SSSR count). The topological polar surface area (TPSA) is 89.3 Å². The largest absolute Gasteiger partial charge is 0.418 e. The summed E-state index contributed by atoms with van der Waals surface area (Å²) in [5, 5.41) is 10.9. The monoisotopic (exact) mass is 424 g/mol. The summed E-state index contributed by atoms with van der Waals surface area (Å²) in [4.78, 5) is 9.26. The lowest BCUT2D eigenvalue weighted by Crippen LogP contribution is -2.18.